The summed E-state index contributed by atoms with van der Waals surface area (Å²) in [5.74, 6) is 0.912. The number of hydrogen-bond acceptors (Lipinski definition) is 2. The largest absolute Gasteiger partial charge is 0.372 e. The van der Waals surface area contributed by atoms with Crippen LogP contribution in [0.4, 0.5) is 5.69 Å². The average molecular weight is 385 g/mol. The van der Waals surface area contributed by atoms with Gasteiger partial charge in [0, 0.05) is 30.2 Å². The lowest BCUT2D eigenvalue weighted by atomic mass is 9.98. The summed E-state index contributed by atoms with van der Waals surface area (Å²) in [6.45, 7) is 6.64. The average Bonchev–Trinajstić information content (AvgIpc) is 2.68. The zero-order valence-corrected chi connectivity index (χ0v) is 17.0. The van der Waals surface area contributed by atoms with Crippen molar-refractivity contribution in [3.05, 3.63) is 64.7 Å². The Morgan fingerprint density at radius 2 is 1.74 bits per heavy atom. The molecule has 1 heterocycles. The standard InChI is InChI=1S/C23H29ClN2O/c1-17-13-15-26(16-14-17)22-10-6-20(7-11-22)18(2)25-23(27)12-5-19-3-8-21(24)9-4-19/h3-4,6-11,17-18H,5,12-16H2,1-2H3,(H,25,27). The van der Waals surface area contributed by atoms with Crippen LogP contribution in [0.5, 0.6) is 0 Å². The van der Waals surface area contributed by atoms with Crippen molar-refractivity contribution >= 4 is 23.2 Å². The minimum absolute atomic E-state index is 0.0122. The van der Waals surface area contributed by atoms with Gasteiger partial charge in [-0.1, -0.05) is 42.8 Å². The predicted molar refractivity (Wildman–Crippen MR) is 113 cm³/mol. The molecule has 144 valence electrons. The third-order valence-corrected chi connectivity index (χ3v) is 5.73. The van der Waals surface area contributed by atoms with Gasteiger partial charge in [-0.2, -0.15) is 0 Å². The predicted octanol–water partition coefficient (Wildman–Crippen LogP) is 5.39. The van der Waals surface area contributed by atoms with Gasteiger partial charge in [0.2, 0.25) is 5.91 Å². The number of rotatable bonds is 6. The van der Waals surface area contributed by atoms with Crippen LogP contribution in [0.3, 0.4) is 0 Å². The maximum Gasteiger partial charge on any atom is 0.220 e. The molecule has 2 aromatic carbocycles. The van der Waals surface area contributed by atoms with E-state index < -0.39 is 0 Å². The Morgan fingerprint density at radius 3 is 2.37 bits per heavy atom. The van der Waals surface area contributed by atoms with E-state index in [2.05, 4.69) is 41.4 Å². The van der Waals surface area contributed by atoms with Crippen molar-refractivity contribution < 1.29 is 4.79 Å². The summed E-state index contributed by atoms with van der Waals surface area (Å²) in [6.07, 6.45) is 3.74. The Hall–Kier alpha value is -2.00. The molecule has 1 saturated heterocycles. The molecule has 0 saturated carbocycles. The minimum atomic E-state index is 0.0122. The fourth-order valence-electron chi connectivity index (χ4n) is 3.55. The van der Waals surface area contributed by atoms with Gasteiger partial charge < -0.3 is 10.2 Å². The zero-order chi connectivity index (χ0) is 19.2. The first-order valence-electron chi connectivity index (χ1n) is 9.90. The Bertz CT molecular complexity index is 734. The van der Waals surface area contributed by atoms with Gasteiger partial charge in [-0.25, -0.2) is 0 Å². The molecule has 0 aliphatic carbocycles. The molecule has 1 aliphatic rings. The van der Waals surface area contributed by atoms with Crippen molar-refractivity contribution in [3.63, 3.8) is 0 Å². The van der Waals surface area contributed by atoms with Gasteiger partial charge in [0.25, 0.3) is 0 Å². The quantitative estimate of drug-likeness (QED) is 0.724. The van der Waals surface area contributed by atoms with Crippen LogP contribution in [0, 0.1) is 5.92 Å². The molecule has 27 heavy (non-hydrogen) atoms. The van der Waals surface area contributed by atoms with Crippen LogP contribution in [0.1, 0.15) is 50.3 Å². The van der Waals surface area contributed by atoms with Crippen LogP contribution < -0.4 is 10.2 Å². The van der Waals surface area contributed by atoms with Gasteiger partial charge in [0.15, 0.2) is 0 Å². The van der Waals surface area contributed by atoms with Crippen LogP contribution in [0.15, 0.2) is 48.5 Å². The molecule has 2 aromatic rings. The SMILES string of the molecule is CC1CCN(c2ccc(C(C)NC(=O)CCc3ccc(Cl)cc3)cc2)CC1. The number of amides is 1. The summed E-state index contributed by atoms with van der Waals surface area (Å²) in [7, 11) is 0. The fourth-order valence-corrected chi connectivity index (χ4v) is 3.67. The Balaban J connectivity index is 1.49. The highest BCUT2D eigenvalue weighted by molar-refractivity contribution is 6.30. The van der Waals surface area contributed by atoms with E-state index in [0.717, 1.165) is 41.6 Å². The molecular weight excluding hydrogens is 356 g/mol. The zero-order valence-electron chi connectivity index (χ0n) is 16.2. The Kier molecular flexibility index (Phi) is 6.78. The van der Waals surface area contributed by atoms with Gasteiger partial charge in [-0.3, -0.25) is 4.79 Å². The summed E-state index contributed by atoms with van der Waals surface area (Å²) >= 11 is 5.90. The van der Waals surface area contributed by atoms with Crippen molar-refractivity contribution in [1.82, 2.24) is 5.32 Å². The number of piperidine rings is 1. The van der Waals surface area contributed by atoms with E-state index in [0.29, 0.717) is 6.42 Å². The lowest BCUT2D eigenvalue weighted by Gasteiger charge is -2.32. The van der Waals surface area contributed by atoms with E-state index in [1.54, 1.807) is 0 Å². The lowest BCUT2D eigenvalue weighted by Crippen LogP contribution is -2.32. The molecule has 1 unspecified atom stereocenters. The molecule has 0 bridgehead atoms. The summed E-state index contributed by atoms with van der Waals surface area (Å²) in [5.41, 5.74) is 3.55. The van der Waals surface area contributed by atoms with Gasteiger partial charge >= 0.3 is 0 Å². The number of hydrogen-bond donors (Lipinski definition) is 1. The maximum absolute atomic E-state index is 12.3. The fraction of sp³-hybridized carbons (Fsp3) is 0.435. The molecule has 0 spiro atoms. The van der Waals surface area contributed by atoms with Crippen LogP contribution in [0.25, 0.3) is 0 Å². The first kappa shape index (κ1) is 19.8. The van der Waals surface area contributed by atoms with E-state index in [1.165, 1.54) is 18.5 Å². The normalized spacial score (nSPS) is 16.2. The third kappa shape index (κ3) is 5.74. The smallest absolute Gasteiger partial charge is 0.220 e. The van der Waals surface area contributed by atoms with E-state index in [9.17, 15) is 4.79 Å². The van der Waals surface area contributed by atoms with Crippen molar-refractivity contribution in [3.8, 4) is 0 Å². The van der Waals surface area contributed by atoms with Crippen molar-refractivity contribution in [2.45, 2.75) is 45.6 Å². The molecule has 1 N–H and O–H groups in total. The van der Waals surface area contributed by atoms with Crippen LogP contribution in [-0.2, 0) is 11.2 Å². The number of nitrogens with zero attached hydrogens (tertiary/aromatic N) is 1. The summed E-state index contributed by atoms with van der Waals surface area (Å²) in [6, 6.07) is 16.3. The highest BCUT2D eigenvalue weighted by Gasteiger charge is 2.16. The topological polar surface area (TPSA) is 32.3 Å². The molecule has 0 radical (unpaired) electrons. The molecule has 1 fully saturated rings. The van der Waals surface area contributed by atoms with E-state index in [1.807, 2.05) is 31.2 Å². The molecule has 3 nitrogen and oxygen atoms in total. The second-order valence-corrected chi connectivity index (χ2v) is 8.11. The van der Waals surface area contributed by atoms with Crippen LogP contribution in [-0.4, -0.2) is 19.0 Å². The van der Waals surface area contributed by atoms with Crippen LogP contribution in [0.2, 0.25) is 5.02 Å². The number of anilines is 1. The van der Waals surface area contributed by atoms with Crippen LogP contribution >= 0.6 is 11.6 Å². The first-order valence-corrected chi connectivity index (χ1v) is 10.3. The van der Waals surface area contributed by atoms with Gasteiger partial charge in [0.1, 0.15) is 0 Å². The molecule has 3 rings (SSSR count). The number of aryl methyl sites for hydroxylation is 1. The molecule has 0 aromatic heterocycles. The summed E-state index contributed by atoms with van der Waals surface area (Å²) in [5, 5.41) is 3.83. The number of carbonyl (C=O) groups is 1. The monoisotopic (exact) mass is 384 g/mol. The van der Waals surface area contributed by atoms with Crippen molar-refractivity contribution in [1.29, 1.82) is 0 Å². The molecule has 4 heteroatoms. The Labute approximate surface area is 167 Å². The molecule has 1 amide bonds. The Morgan fingerprint density at radius 1 is 1.11 bits per heavy atom. The number of halogens is 1. The number of carbonyl (C=O) groups excluding carboxylic acids is 1. The number of nitrogens with one attached hydrogen (secondary N) is 1. The summed E-state index contributed by atoms with van der Waals surface area (Å²) in [4.78, 5) is 14.7. The first-order chi connectivity index (χ1) is 13.0. The third-order valence-electron chi connectivity index (χ3n) is 5.47. The van der Waals surface area contributed by atoms with Crippen molar-refractivity contribution in [2.75, 3.05) is 18.0 Å². The summed E-state index contributed by atoms with van der Waals surface area (Å²) < 4.78 is 0. The van der Waals surface area contributed by atoms with Gasteiger partial charge in [-0.05, 0) is 67.5 Å². The lowest BCUT2D eigenvalue weighted by molar-refractivity contribution is -0.121. The highest BCUT2D eigenvalue weighted by Crippen LogP contribution is 2.24. The van der Waals surface area contributed by atoms with Gasteiger partial charge in [-0.15, -0.1) is 0 Å². The second kappa shape index (κ2) is 9.27. The van der Waals surface area contributed by atoms with E-state index in [4.69, 9.17) is 11.6 Å². The molecule has 1 aliphatic heterocycles. The van der Waals surface area contributed by atoms with Gasteiger partial charge in [0.05, 0.1) is 6.04 Å². The van der Waals surface area contributed by atoms with Crippen molar-refractivity contribution in [2.24, 2.45) is 5.92 Å². The second-order valence-electron chi connectivity index (χ2n) is 7.68. The maximum atomic E-state index is 12.3. The molecule has 1 atom stereocenters. The highest BCUT2D eigenvalue weighted by atomic mass is 35.5. The van der Waals surface area contributed by atoms with E-state index in [-0.39, 0.29) is 11.9 Å². The van der Waals surface area contributed by atoms with E-state index >= 15 is 0 Å². The minimum Gasteiger partial charge on any atom is -0.372 e. The molecular formula is C23H29ClN2O. The number of benzene rings is 2.